The lowest BCUT2D eigenvalue weighted by Gasteiger charge is -2.06. The molecule has 3 N–H and O–H groups in total. The summed E-state index contributed by atoms with van der Waals surface area (Å²) in [6, 6.07) is 12.1. The molecule has 0 aliphatic rings. The largest absolute Gasteiger partial charge is 0.384 e. The lowest BCUT2D eigenvalue weighted by atomic mass is 10.2. The van der Waals surface area contributed by atoms with Gasteiger partial charge in [0.2, 0.25) is 0 Å². The summed E-state index contributed by atoms with van der Waals surface area (Å²) in [5.41, 5.74) is 9.12. The predicted octanol–water partition coefficient (Wildman–Crippen LogP) is 2.58. The van der Waals surface area contributed by atoms with Gasteiger partial charge in [-0.2, -0.15) is 0 Å². The van der Waals surface area contributed by atoms with Gasteiger partial charge in [0, 0.05) is 18.4 Å². The number of nitrogens with zero attached hydrogens (tertiary/aromatic N) is 1. The molecule has 0 unspecified atom stereocenters. The van der Waals surface area contributed by atoms with E-state index in [0.29, 0.717) is 5.82 Å². The average Bonchev–Trinajstić information content (AvgIpc) is 2.28. The van der Waals surface area contributed by atoms with Crippen LogP contribution in [0.5, 0.6) is 0 Å². The number of anilines is 2. The molecule has 0 saturated carbocycles. The van der Waals surface area contributed by atoms with Crippen LogP contribution in [0.1, 0.15) is 11.1 Å². The quantitative estimate of drug-likeness (QED) is 0.824. The third-order valence-electron chi connectivity index (χ3n) is 2.39. The molecule has 3 nitrogen and oxygen atoms in total. The van der Waals surface area contributed by atoms with Crippen LogP contribution >= 0.6 is 0 Å². The highest BCUT2D eigenvalue weighted by Gasteiger charge is 1.95. The first-order valence-corrected chi connectivity index (χ1v) is 5.25. The second-order valence-electron chi connectivity index (χ2n) is 3.81. The number of pyridine rings is 1. The van der Waals surface area contributed by atoms with Crippen LogP contribution in [-0.2, 0) is 6.54 Å². The fraction of sp³-hybridized carbons (Fsp3) is 0.154. The van der Waals surface area contributed by atoms with E-state index in [9.17, 15) is 0 Å². The van der Waals surface area contributed by atoms with Gasteiger partial charge in [-0.15, -0.1) is 0 Å². The second kappa shape index (κ2) is 4.66. The average molecular weight is 213 g/mol. The van der Waals surface area contributed by atoms with Crippen LogP contribution in [0.25, 0.3) is 0 Å². The molecule has 0 aliphatic carbocycles. The maximum absolute atomic E-state index is 5.61. The number of nitrogens with two attached hydrogens (primary N) is 1. The summed E-state index contributed by atoms with van der Waals surface area (Å²) in [4.78, 5) is 3.96. The van der Waals surface area contributed by atoms with Gasteiger partial charge in [0.15, 0.2) is 0 Å². The van der Waals surface area contributed by atoms with E-state index < -0.39 is 0 Å². The standard InChI is InChI=1S/C13H15N3/c1-10-2-4-12(5-3-10)16-9-11-6-7-15-13(14)8-11/h2-8,16H,9H2,1H3,(H2,14,15). The summed E-state index contributed by atoms with van der Waals surface area (Å²) in [7, 11) is 0. The van der Waals surface area contributed by atoms with Crippen molar-refractivity contribution in [2.24, 2.45) is 0 Å². The first-order chi connectivity index (χ1) is 7.74. The maximum Gasteiger partial charge on any atom is 0.123 e. The Morgan fingerprint density at radius 3 is 2.62 bits per heavy atom. The van der Waals surface area contributed by atoms with Crippen molar-refractivity contribution in [1.29, 1.82) is 0 Å². The molecule has 0 amide bonds. The Hall–Kier alpha value is -2.03. The van der Waals surface area contributed by atoms with Crippen molar-refractivity contribution in [3.63, 3.8) is 0 Å². The fourth-order valence-electron chi connectivity index (χ4n) is 1.48. The van der Waals surface area contributed by atoms with Crippen molar-refractivity contribution >= 4 is 11.5 Å². The molecule has 3 heteroatoms. The number of aryl methyl sites for hydroxylation is 1. The van der Waals surface area contributed by atoms with Gasteiger partial charge in [0.1, 0.15) is 5.82 Å². The molecule has 0 bridgehead atoms. The van der Waals surface area contributed by atoms with Crippen molar-refractivity contribution in [3.8, 4) is 0 Å². The Balaban J connectivity index is 1.99. The minimum atomic E-state index is 0.559. The molecule has 16 heavy (non-hydrogen) atoms. The molecule has 0 spiro atoms. The number of nitrogens with one attached hydrogen (secondary N) is 1. The van der Waals surface area contributed by atoms with Gasteiger partial charge in [-0.3, -0.25) is 0 Å². The van der Waals surface area contributed by atoms with Gasteiger partial charge in [-0.25, -0.2) is 4.98 Å². The molecule has 0 radical (unpaired) electrons. The molecule has 0 atom stereocenters. The minimum absolute atomic E-state index is 0.559. The van der Waals surface area contributed by atoms with E-state index >= 15 is 0 Å². The van der Waals surface area contributed by atoms with E-state index in [1.54, 1.807) is 6.20 Å². The van der Waals surface area contributed by atoms with Crippen LogP contribution in [0.3, 0.4) is 0 Å². The van der Waals surface area contributed by atoms with Crippen LogP contribution in [0.15, 0.2) is 42.6 Å². The SMILES string of the molecule is Cc1ccc(NCc2ccnc(N)c2)cc1. The zero-order chi connectivity index (χ0) is 11.4. The number of nitrogen functional groups attached to an aromatic ring is 1. The van der Waals surface area contributed by atoms with E-state index in [1.807, 2.05) is 12.1 Å². The number of rotatable bonds is 3. The Morgan fingerprint density at radius 2 is 1.94 bits per heavy atom. The highest BCUT2D eigenvalue weighted by Crippen LogP contribution is 2.11. The monoisotopic (exact) mass is 213 g/mol. The molecule has 0 fully saturated rings. The molecule has 2 rings (SSSR count). The van der Waals surface area contributed by atoms with Crippen molar-refractivity contribution in [1.82, 2.24) is 4.98 Å². The lowest BCUT2D eigenvalue weighted by molar-refractivity contribution is 1.13. The Morgan fingerprint density at radius 1 is 1.19 bits per heavy atom. The van der Waals surface area contributed by atoms with Crippen molar-refractivity contribution in [2.45, 2.75) is 13.5 Å². The summed E-state index contributed by atoms with van der Waals surface area (Å²) in [5.74, 6) is 0.559. The topological polar surface area (TPSA) is 50.9 Å². The maximum atomic E-state index is 5.61. The van der Waals surface area contributed by atoms with Gasteiger partial charge in [-0.05, 0) is 36.8 Å². The van der Waals surface area contributed by atoms with Crippen molar-refractivity contribution < 1.29 is 0 Å². The summed E-state index contributed by atoms with van der Waals surface area (Å²) in [5, 5.41) is 3.33. The number of benzene rings is 1. The zero-order valence-electron chi connectivity index (χ0n) is 9.27. The summed E-state index contributed by atoms with van der Waals surface area (Å²) in [6.07, 6.45) is 1.72. The molecule has 0 saturated heterocycles. The molecule has 1 heterocycles. The molecule has 82 valence electrons. The molecular weight excluding hydrogens is 198 g/mol. The second-order valence-corrected chi connectivity index (χ2v) is 3.81. The Kier molecular flexibility index (Phi) is 3.05. The van der Waals surface area contributed by atoms with Gasteiger partial charge >= 0.3 is 0 Å². The first kappa shape index (κ1) is 10.5. The predicted molar refractivity (Wildman–Crippen MR) is 67.2 cm³/mol. The van der Waals surface area contributed by atoms with Gasteiger partial charge in [0.25, 0.3) is 0 Å². The summed E-state index contributed by atoms with van der Waals surface area (Å²) < 4.78 is 0. The molecule has 1 aromatic heterocycles. The van der Waals surface area contributed by atoms with E-state index in [0.717, 1.165) is 17.8 Å². The van der Waals surface area contributed by atoms with Crippen LogP contribution in [0, 0.1) is 6.92 Å². The smallest absolute Gasteiger partial charge is 0.123 e. The van der Waals surface area contributed by atoms with Gasteiger partial charge < -0.3 is 11.1 Å². The molecule has 2 aromatic rings. The van der Waals surface area contributed by atoms with Gasteiger partial charge in [-0.1, -0.05) is 17.7 Å². The third kappa shape index (κ3) is 2.73. The molecule has 0 aliphatic heterocycles. The minimum Gasteiger partial charge on any atom is -0.384 e. The lowest BCUT2D eigenvalue weighted by Crippen LogP contribution is -2.00. The van der Waals surface area contributed by atoms with Crippen LogP contribution in [0.4, 0.5) is 11.5 Å². The normalized spacial score (nSPS) is 10.1. The third-order valence-corrected chi connectivity index (χ3v) is 2.39. The highest BCUT2D eigenvalue weighted by atomic mass is 14.9. The zero-order valence-corrected chi connectivity index (χ0v) is 9.27. The van der Waals surface area contributed by atoms with Gasteiger partial charge in [0.05, 0.1) is 0 Å². The van der Waals surface area contributed by atoms with E-state index in [1.165, 1.54) is 5.56 Å². The van der Waals surface area contributed by atoms with E-state index in [4.69, 9.17) is 5.73 Å². The Labute approximate surface area is 95.3 Å². The molecule has 1 aromatic carbocycles. The number of hydrogen-bond donors (Lipinski definition) is 2. The van der Waals surface area contributed by atoms with Crippen LogP contribution < -0.4 is 11.1 Å². The van der Waals surface area contributed by atoms with E-state index in [2.05, 4.69) is 41.5 Å². The summed E-state index contributed by atoms with van der Waals surface area (Å²) in [6.45, 7) is 2.84. The summed E-state index contributed by atoms with van der Waals surface area (Å²) >= 11 is 0. The van der Waals surface area contributed by atoms with Crippen molar-refractivity contribution in [2.75, 3.05) is 11.1 Å². The first-order valence-electron chi connectivity index (χ1n) is 5.25. The molecular formula is C13H15N3. The van der Waals surface area contributed by atoms with E-state index in [-0.39, 0.29) is 0 Å². The van der Waals surface area contributed by atoms with Crippen molar-refractivity contribution in [3.05, 3.63) is 53.7 Å². The number of aromatic nitrogens is 1. The fourth-order valence-corrected chi connectivity index (χ4v) is 1.48. The van der Waals surface area contributed by atoms with Crippen LogP contribution in [-0.4, -0.2) is 4.98 Å². The highest BCUT2D eigenvalue weighted by molar-refractivity contribution is 5.45. The Bertz CT molecular complexity index is 463. The van der Waals surface area contributed by atoms with Crippen LogP contribution in [0.2, 0.25) is 0 Å². The number of hydrogen-bond acceptors (Lipinski definition) is 3.